The first-order valence-corrected chi connectivity index (χ1v) is 4.74. The number of hydrogen-bond donors (Lipinski definition) is 0. The Morgan fingerprint density at radius 3 is 2.86 bits per heavy atom. The van der Waals surface area contributed by atoms with Gasteiger partial charge in [-0.05, 0) is 28.1 Å². The van der Waals surface area contributed by atoms with E-state index in [0.29, 0.717) is 10.9 Å². The van der Waals surface area contributed by atoms with Crippen molar-refractivity contribution in [2.75, 3.05) is 0 Å². The molecule has 0 radical (unpaired) electrons. The minimum Gasteiger partial charge on any atom is -0.545 e. The first-order chi connectivity index (χ1) is 6.70. The van der Waals surface area contributed by atoms with Crippen LogP contribution in [0.5, 0.6) is 0 Å². The maximum atomic E-state index is 10.8. The number of benzene rings is 1. The number of hydrogen-bond acceptors (Lipinski definition) is 3. The van der Waals surface area contributed by atoms with E-state index < -0.39 is 5.97 Å². The number of pyridine rings is 1. The molecule has 0 N–H and O–H groups in total. The Hall–Kier alpha value is -1.42. The molecule has 2 aromatic rings. The molecule has 0 aliphatic heterocycles. The Morgan fingerprint density at radius 1 is 1.36 bits per heavy atom. The van der Waals surface area contributed by atoms with Crippen LogP contribution in [0.4, 0.5) is 0 Å². The van der Waals surface area contributed by atoms with Gasteiger partial charge in [0.05, 0.1) is 11.5 Å². The van der Waals surface area contributed by atoms with Gasteiger partial charge < -0.3 is 9.90 Å². The minimum absolute atomic E-state index is 0.163. The summed E-state index contributed by atoms with van der Waals surface area (Å²) < 4.78 is 0.776. The first-order valence-electron chi connectivity index (χ1n) is 3.95. The normalized spacial score (nSPS) is 10.4. The smallest absolute Gasteiger partial charge is 0.0850 e. The number of aromatic carboxylic acids is 1. The lowest BCUT2D eigenvalue weighted by Crippen LogP contribution is -2.22. The Bertz CT molecular complexity index is 510. The summed E-state index contributed by atoms with van der Waals surface area (Å²) >= 11 is 3.30. The number of rotatable bonds is 1. The Kier molecular flexibility index (Phi) is 2.21. The zero-order chi connectivity index (χ0) is 10.1. The fourth-order valence-corrected chi connectivity index (χ4v) is 1.76. The highest BCUT2D eigenvalue weighted by Gasteiger charge is 2.04. The molecule has 0 fully saturated rings. The minimum atomic E-state index is -1.18. The quantitative estimate of drug-likeness (QED) is 0.768. The molecule has 0 spiro atoms. The maximum absolute atomic E-state index is 10.8. The SMILES string of the molecule is O=C([O-])c1ccc(Br)c2ncccc12. The van der Waals surface area contributed by atoms with E-state index in [-0.39, 0.29) is 5.56 Å². The summed E-state index contributed by atoms with van der Waals surface area (Å²) in [6.07, 6.45) is 1.62. The van der Waals surface area contributed by atoms with Crippen molar-refractivity contribution >= 4 is 32.8 Å². The summed E-state index contributed by atoms with van der Waals surface area (Å²) in [7, 11) is 0. The van der Waals surface area contributed by atoms with Crippen molar-refractivity contribution in [3.05, 3.63) is 40.5 Å². The number of carbonyl (C=O) groups excluding carboxylic acids is 1. The summed E-state index contributed by atoms with van der Waals surface area (Å²) in [5, 5.41) is 11.4. The van der Waals surface area contributed by atoms with Crippen LogP contribution in [0, 0.1) is 0 Å². The summed E-state index contributed by atoms with van der Waals surface area (Å²) in [5.74, 6) is -1.18. The summed E-state index contributed by atoms with van der Waals surface area (Å²) in [6, 6.07) is 6.56. The van der Waals surface area contributed by atoms with Crippen molar-refractivity contribution in [3.63, 3.8) is 0 Å². The average Bonchev–Trinajstić information content (AvgIpc) is 2.18. The van der Waals surface area contributed by atoms with Gasteiger partial charge in [-0.25, -0.2) is 0 Å². The van der Waals surface area contributed by atoms with Gasteiger partial charge >= 0.3 is 0 Å². The van der Waals surface area contributed by atoms with E-state index >= 15 is 0 Å². The summed E-state index contributed by atoms with van der Waals surface area (Å²) in [4.78, 5) is 14.9. The molecule has 1 aromatic carbocycles. The van der Waals surface area contributed by atoms with Gasteiger partial charge in [-0.3, -0.25) is 4.98 Å². The Labute approximate surface area is 88.5 Å². The molecule has 0 amide bonds. The molecule has 0 saturated heterocycles. The largest absolute Gasteiger partial charge is 0.545 e. The van der Waals surface area contributed by atoms with E-state index in [1.54, 1.807) is 24.4 Å². The fourth-order valence-electron chi connectivity index (χ4n) is 1.32. The lowest BCUT2D eigenvalue weighted by Gasteiger charge is -2.07. The van der Waals surface area contributed by atoms with Crippen molar-refractivity contribution in [2.45, 2.75) is 0 Å². The van der Waals surface area contributed by atoms with Gasteiger partial charge in [-0.15, -0.1) is 0 Å². The highest BCUT2D eigenvalue weighted by atomic mass is 79.9. The molecular formula is C10H5BrNO2-. The van der Waals surface area contributed by atoms with Gasteiger partial charge in [-0.2, -0.15) is 0 Å². The van der Waals surface area contributed by atoms with Crippen molar-refractivity contribution < 1.29 is 9.90 Å². The first kappa shape index (κ1) is 9.15. The van der Waals surface area contributed by atoms with Crippen molar-refractivity contribution in [1.82, 2.24) is 4.98 Å². The van der Waals surface area contributed by atoms with Crippen LogP contribution >= 0.6 is 15.9 Å². The molecule has 0 saturated carbocycles. The third-order valence-corrected chi connectivity index (χ3v) is 2.58. The monoisotopic (exact) mass is 250 g/mol. The number of carbonyl (C=O) groups is 1. The molecule has 14 heavy (non-hydrogen) atoms. The molecule has 4 heteroatoms. The van der Waals surface area contributed by atoms with Crippen LogP contribution in [0.15, 0.2) is 34.9 Å². The fraction of sp³-hybridized carbons (Fsp3) is 0. The lowest BCUT2D eigenvalue weighted by atomic mass is 10.1. The summed E-state index contributed by atoms with van der Waals surface area (Å²) in [5.41, 5.74) is 0.797. The van der Waals surface area contributed by atoms with Crippen LogP contribution in [0.2, 0.25) is 0 Å². The molecule has 1 heterocycles. The number of nitrogens with zero attached hydrogens (tertiary/aromatic N) is 1. The molecule has 0 bridgehead atoms. The number of halogens is 1. The van der Waals surface area contributed by atoms with E-state index in [4.69, 9.17) is 0 Å². The summed E-state index contributed by atoms with van der Waals surface area (Å²) in [6.45, 7) is 0. The predicted octanol–water partition coefficient (Wildman–Crippen LogP) is 1.36. The van der Waals surface area contributed by atoms with Crippen molar-refractivity contribution in [2.24, 2.45) is 0 Å². The second-order valence-electron chi connectivity index (χ2n) is 2.78. The number of carboxylic acid groups (broad SMARTS) is 1. The lowest BCUT2D eigenvalue weighted by molar-refractivity contribution is -0.254. The van der Waals surface area contributed by atoms with Crippen LogP contribution in [-0.2, 0) is 0 Å². The number of aromatic nitrogens is 1. The van der Waals surface area contributed by atoms with Gasteiger partial charge in [0, 0.05) is 21.6 Å². The molecule has 0 aliphatic rings. The molecule has 0 unspecified atom stereocenters. The highest BCUT2D eigenvalue weighted by Crippen LogP contribution is 2.24. The predicted molar refractivity (Wildman–Crippen MR) is 53.8 cm³/mol. The van der Waals surface area contributed by atoms with Crippen molar-refractivity contribution in [1.29, 1.82) is 0 Å². The van der Waals surface area contributed by atoms with Crippen molar-refractivity contribution in [3.8, 4) is 0 Å². The van der Waals surface area contributed by atoms with E-state index in [1.165, 1.54) is 6.07 Å². The molecule has 0 atom stereocenters. The van der Waals surface area contributed by atoms with Gasteiger partial charge in [0.25, 0.3) is 0 Å². The molecule has 0 aliphatic carbocycles. The standard InChI is InChI=1S/C10H6BrNO2/c11-8-4-3-7(10(13)14)6-2-1-5-12-9(6)8/h1-5H,(H,13,14)/p-1. The Balaban J connectivity index is 2.88. The van der Waals surface area contributed by atoms with Crippen LogP contribution in [0.1, 0.15) is 10.4 Å². The molecular weight excluding hydrogens is 246 g/mol. The Morgan fingerprint density at radius 2 is 2.14 bits per heavy atom. The van der Waals surface area contributed by atoms with E-state index in [0.717, 1.165) is 4.47 Å². The van der Waals surface area contributed by atoms with Crippen LogP contribution < -0.4 is 5.11 Å². The molecule has 2 rings (SSSR count). The van der Waals surface area contributed by atoms with Gasteiger partial charge in [-0.1, -0.05) is 12.1 Å². The maximum Gasteiger partial charge on any atom is 0.0850 e. The molecule has 70 valence electrons. The highest BCUT2D eigenvalue weighted by molar-refractivity contribution is 9.10. The van der Waals surface area contributed by atoms with Crippen LogP contribution in [0.3, 0.4) is 0 Å². The third kappa shape index (κ3) is 1.37. The second-order valence-corrected chi connectivity index (χ2v) is 3.64. The zero-order valence-electron chi connectivity index (χ0n) is 7.03. The number of fused-ring (bicyclic) bond motifs is 1. The van der Waals surface area contributed by atoms with Crippen LogP contribution in [-0.4, -0.2) is 11.0 Å². The van der Waals surface area contributed by atoms with Crippen LogP contribution in [0.25, 0.3) is 10.9 Å². The topological polar surface area (TPSA) is 53.0 Å². The number of carboxylic acids is 1. The molecule has 1 aromatic heterocycles. The van der Waals surface area contributed by atoms with E-state index in [2.05, 4.69) is 20.9 Å². The average molecular weight is 251 g/mol. The van der Waals surface area contributed by atoms with E-state index in [1.807, 2.05) is 0 Å². The van der Waals surface area contributed by atoms with Gasteiger partial charge in [0.1, 0.15) is 0 Å². The van der Waals surface area contributed by atoms with Gasteiger partial charge in [0.15, 0.2) is 0 Å². The van der Waals surface area contributed by atoms with Gasteiger partial charge in [0.2, 0.25) is 0 Å². The zero-order valence-corrected chi connectivity index (χ0v) is 8.61. The second kappa shape index (κ2) is 3.38. The third-order valence-electron chi connectivity index (χ3n) is 1.94. The van der Waals surface area contributed by atoms with E-state index in [9.17, 15) is 9.90 Å². The molecule has 3 nitrogen and oxygen atoms in total.